The predicted molar refractivity (Wildman–Crippen MR) is 104 cm³/mol. The zero-order valence-electron chi connectivity index (χ0n) is 15.1. The van der Waals surface area contributed by atoms with Crippen molar-refractivity contribution in [1.29, 1.82) is 5.26 Å². The maximum Gasteiger partial charge on any atom is 0.321 e. The van der Waals surface area contributed by atoms with E-state index in [1.54, 1.807) is 0 Å². The first-order valence-corrected chi connectivity index (χ1v) is 8.97. The van der Waals surface area contributed by atoms with Crippen molar-refractivity contribution < 1.29 is 4.79 Å². The number of carbonyl (C=O) groups is 1. The Morgan fingerprint density at radius 3 is 2.42 bits per heavy atom. The second kappa shape index (κ2) is 8.39. The van der Waals surface area contributed by atoms with Crippen molar-refractivity contribution >= 4 is 17.4 Å². The Balaban J connectivity index is 1.51. The van der Waals surface area contributed by atoms with Gasteiger partial charge < -0.3 is 15.1 Å². The molecule has 1 saturated heterocycles. The van der Waals surface area contributed by atoms with Crippen LogP contribution in [0.15, 0.2) is 54.6 Å². The zero-order chi connectivity index (χ0) is 18.4. The lowest BCUT2D eigenvalue weighted by molar-refractivity contribution is 0.194. The number of nitrogens with zero attached hydrogens (tertiary/aromatic N) is 3. The highest BCUT2D eigenvalue weighted by Gasteiger charge is 2.25. The predicted octanol–water partition coefficient (Wildman–Crippen LogP) is 3.89. The highest BCUT2D eigenvalue weighted by Crippen LogP contribution is 2.22. The lowest BCUT2D eigenvalue weighted by Gasteiger charge is -2.37. The molecule has 3 rings (SSSR count). The van der Waals surface area contributed by atoms with Gasteiger partial charge in [0.05, 0.1) is 12.5 Å². The molecule has 0 aromatic heterocycles. The maximum absolute atomic E-state index is 12.5. The normalized spacial score (nSPS) is 14.5. The number of nitriles is 1. The number of hydrogen-bond acceptors (Lipinski definition) is 3. The number of rotatable bonds is 4. The van der Waals surface area contributed by atoms with Gasteiger partial charge in [-0.05, 0) is 42.7 Å². The molecular weight excluding hydrogens is 324 g/mol. The van der Waals surface area contributed by atoms with Crippen molar-refractivity contribution in [3.8, 4) is 6.07 Å². The van der Waals surface area contributed by atoms with Crippen molar-refractivity contribution in [2.75, 3.05) is 30.4 Å². The number of amides is 2. The van der Waals surface area contributed by atoms with Crippen LogP contribution in [0.3, 0.4) is 0 Å². The average Bonchev–Trinajstić information content (AvgIpc) is 2.70. The molecule has 1 aliphatic rings. The third-order valence-electron chi connectivity index (χ3n) is 4.95. The standard InChI is InChI=1S/C21H24N4O/c1-24(19-5-3-2-4-6-19)20-12-15-25(16-13-20)21(26)23-18-9-7-17(8-10-18)11-14-22/h2-10,20H,11-13,15-16H2,1H3,(H,23,26). The van der Waals surface area contributed by atoms with E-state index in [1.165, 1.54) is 5.69 Å². The molecule has 0 aliphatic carbocycles. The Morgan fingerprint density at radius 1 is 1.15 bits per heavy atom. The Labute approximate surface area is 154 Å². The number of carbonyl (C=O) groups excluding carboxylic acids is 1. The first kappa shape index (κ1) is 17.8. The van der Waals surface area contributed by atoms with Crippen LogP contribution >= 0.6 is 0 Å². The lowest BCUT2D eigenvalue weighted by Crippen LogP contribution is -2.47. The number of likely N-dealkylation sites (tertiary alicyclic amines) is 1. The average molecular weight is 348 g/mol. The molecule has 2 aromatic rings. The van der Waals surface area contributed by atoms with Gasteiger partial charge in [0, 0.05) is 37.6 Å². The summed E-state index contributed by atoms with van der Waals surface area (Å²) in [5, 5.41) is 11.7. The molecule has 0 saturated carbocycles. The Hall–Kier alpha value is -3.00. The topological polar surface area (TPSA) is 59.4 Å². The second-order valence-corrected chi connectivity index (χ2v) is 6.63. The third kappa shape index (κ3) is 4.34. The Morgan fingerprint density at radius 2 is 1.81 bits per heavy atom. The number of anilines is 2. The number of hydrogen-bond donors (Lipinski definition) is 1. The molecule has 1 N–H and O–H groups in total. The van der Waals surface area contributed by atoms with Crippen LogP contribution in [0.1, 0.15) is 18.4 Å². The number of para-hydroxylation sites is 1. The van der Waals surface area contributed by atoms with Crippen molar-refractivity contribution in [3.05, 3.63) is 60.2 Å². The van der Waals surface area contributed by atoms with Gasteiger partial charge in [-0.2, -0.15) is 5.26 Å². The SMILES string of the molecule is CN(c1ccccc1)C1CCN(C(=O)Nc2ccc(CC#N)cc2)CC1. The van der Waals surface area contributed by atoms with Crippen LogP contribution in [-0.4, -0.2) is 37.1 Å². The summed E-state index contributed by atoms with van der Waals surface area (Å²) in [6.07, 6.45) is 2.30. The largest absolute Gasteiger partial charge is 0.371 e. The fourth-order valence-corrected chi connectivity index (χ4v) is 3.33. The summed E-state index contributed by atoms with van der Waals surface area (Å²) in [7, 11) is 2.12. The van der Waals surface area contributed by atoms with E-state index in [4.69, 9.17) is 5.26 Å². The first-order chi connectivity index (χ1) is 12.7. The molecule has 2 amide bonds. The molecule has 0 unspecified atom stereocenters. The summed E-state index contributed by atoms with van der Waals surface area (Å²) in [6, 6.07) is 20.3. The molecule has 26 heavy (non-hydrogen) atoms. The molecular formula is C21H24N4O. The van der Waals surface area contributed by atoms with Crippen LogP contribution in [0, 0.1) is 11.3 Å². The van der Waals surface area contributed by atoms with Gasteiger partial charge in [-0.25, -0.2) is 4.79 Å². The van der Waals surface area contributed by atoms with Crippen LogP contribution in [-0.2, 0) is 6.42 Å². The van der Waals surface area contributed by atoms with E-state index in [9.17, 15) is 4.79 Å². The van der Waals surface area contributed by atoms with E-state index in [-0.39, 0.29) is 6.03 Å². The number of nitrogens with one attached hydrogen (secondary N) is 1. The van der Waals surface area contributed by atoms with E-state index in [2.05, 4.69) is 47.6 Å². The lowest BCUT2D eigenvalue weighted by atomic mass is 10.0. The minimum atomic E-state index is -0.0566. The van der Waals surface area contributed by atoms with E-state index in [0.717, 1.165) is 37.2 Å². The van der Waals surface area contributed by atoms with Gasteiger partial charge in [0.25, 0.3) is 0 Å². The summed E-state index contributed by atoms with van der Waals surface area (Å²) in [6.45, 7) is 1.50. The van der Waals surface area contributed by atoms with Crippen LogP contribution in [0.5, 0.6) is 0 Å². The summed E-state index contributed by atoms with van der Waals surface area (Å²) in [5.41, 5.74) is 2.93. The minimum absolute atomic E-state index is 0.0566. The van der Waals surface area contributed by atoms with Gasteiger partial charge in [-0.3, -0.25) is 0 Å². The maximum atomic E-state index is 12.5. The molecule has 0 atom stereocenters. The molecule has 0 spiro atoms. The molecule has 1 heterocycles. The van der Waals surface area contributed by atoms with Gasteiger partial charge in [-0.1, -0.05) is 30.3 Å². The summed E-state index contributed by atoms with van der Waals surface area (Å²) >= 11 is 0. The molecule has 1 aliphatic heterocycles. The Bertz CT molecular complexity index is 759. The molecule has 5 heteroatoms. The van der Waals surface area contributed by atoms with E-state index < -0.39 is 0 Å². The van der Waals surface area contributed by atoms with Crippen molar-refractivity contribution in [1.82, 2.24) is 4.90 Å². The monoisotopic (exact) mass is 348 g/mol. The van der Waals surface area contributed by atoms with Crippen LogP contribution in [0.2, 0.25) is 0 Å². The molecule has 0 radical (unpaired) electrons. The minimum Gasteiger partial charge on any atom is -0.371 e. The van der Waals surface area contributed by atoms with E-state index in [1.807, 2.05) is 35.2 Å². The molecule has 1 fully saturated rings. The molecule has 134 valence electrons. The molecule has 2 aromatic carbocycles. The fourth-order valence-electron chi connectivity index (χ4n) is 3.33. The molecule has 5 nitrogen and oxygen atoms in total. The van der Waals surface area contributed by atoms with Crippen LogP contribution in [0.4, 0.5) is 16.2 Å². The quantitative estimate of drug-likeness (QED) is 0.912. The van der Waals surface area contributed by atoms with Gasteiger partial charge in [0.2, 0.25) is 0 Å². The summed E-state index contributed by atoms with van der Waals surface area (Å²) < 4.78 is 0. The van der Waals surface area contributed by atoms with Crippen LogP contribution < -0.4 is 10.2 Å². The van der Waals surface area contributed by atoms with Crippen LogP contribution in [0.25, 0.3) is 0 Å². The third-order valence-corrected chi connectivity index (χ3v) is 4.95. The fraction of sp³-hybridized carbons (Fsp3) is 0.333. The number of urea groups is 1. The number of benzene rings is 2. The summed E-state index contributed by atoms with van der Waals surface area (Å²) in [4.78, 5) is 16.7. The van der Waals surface area contributed by atoms with E-state index in [0.29, 0.717) is 12.5 Å². The van der Waals surface area contributed by atoms with Crippen molar-refractivity contribution in [2.24, 2.45) is 0 Å². The van der Waals surface area contributed by atoms with Gasteiger partial charge in [-0.15, -0.1) is 0 Å². The Kier molecular flexibility index (Phi) is 5.75. The van der Waals surface area contributed by atoms with Crippen molar-refractivity contribution in [3.63, 3.8) is 0 Å². The van der Waals surface area contributed by atoms with Gasteiger partial charge >= 0.3 is 6.03 Å². The number of piperidine rings is 1. The first-order valence-electron chi connectivity index (χ1n) is 8.97. The van der Waals surface area contributed by atoms with Gasteiger partial charge in [0.1, 0.15) is 0 Å². The van der Waals surface area contributed by atoms with E-state index >= 15 is 0 Å². The highest BCUT2D eigenvalue weighted by molar-refractivity contribution is 5.89. The smallest absolute Gasteiger partial charge is 0.321 e. The zero-order valence-corrected chi connectivity index (χ0v) is 15.1. The summed E-state index contributed by atoms with van der Waals surface area (Å²) in [5.74, 6) is 0. The second-order valence-electron chi connectivity index (χ2n) is 6.63. The molecule has 0 bridgehead atoms. The van der Waals surface area contributed by atoms with Gasteiger partial charge in [0.15, 0.2) is 0 Å². The van der Waals surface area contributed by atoms with Crippen molar-refractivity contribution in [2.45, 2.75) is 25.3 Å². The highest BCUT2D eigenvalue weighted by atomic mass is 16.2.